The normalized spacial score (nSPS) is 10.5. The standard InChI is InChI=1S/C17H22BrN6O.CH4O/c1-12(2)8-19-15-7-16(24-17(22-15)14(18)10-21-24)20-9-13-5-4-6-23(11-13)25-3;1-2/h4-7,10-12,20H,8-9H2,1-3H3,(H,19,22);2H,1H3/q+1;. The van der Waals surface area contributed by atoms with E-state index >= 15 is 0 Å². The Labute approximate surface area is 167 Å². The molecule has 9 heteroatoms. The van der Waals surface area contributed by atoms with Gasteiger partial charge in [0.25, 0.3) is 0 Å². The summed E-state index contributed by atoms with van der Waals surface area (Å²) in [6.45, 7) is 5.84. The van der Waals surface area contributed by atoms with Crippen molar-refractivity contribution >= 4 is 33.2 Å². The molecule has 3 rings (SSSR count). The van der Waals surface area contributed by atoms with Crippen molar-refractivity contribution in [3.05, 3.63) is 46.8 Å². The van der Waals surface area contributed by atoms with Crippen LogP contribution >= 0.6 is 15.9 Å². The monoisotopic (exact) mass is 437 g/mol. The Balaban J connectivity index is 0.00000126. The number of aliphatic hydroxyl groups excluding tert-OH is 1. The minimum absolute atomic E-state index is 0.539. The molecule has 0 radical (unpaired) electrons. The van der Waals surface area contributed by atoms with Gasteiger partial charge in [-0.2, -0.15) is 9.61 Å². The third kappa shape index (κ3) is 5.54. The third-order valence-electron chi connectivity index (χ3n) is 3.64. The zero-order valence-corrected chi connectivity index (χ0v) is 17.6. The molecule has 3 N–H and O–H groups in total. The SMILES string of the molecule is CO.CO[n+]1cccc(CNc2cc(NCC(C)C)nc3c(Br)cnn23)c1. The fourth-order valence-electron chi connectivity index (χ4n) is 2.37. The molecule has 0 saturated carbocycles. The van der Waals surface area contributed by atoms with E-state index in [1.165, 1.54) is 0 Å². The summed E-state index contributed by atoms with van der Waals surface area (Å²) in [5, 5.41) is 18.2. The van der Waals surface area contributed by atoms with Gasteiger partial charge in [0, 0.05) is 42.6 Å². The van der Waals surface area contributed by atoms with Gasteiger partial charge in [0.1, 0.15) is 18.7 Å². The second kappa shape index (κ2) is 10.1. The highest BCUT2D eigenvalue weighted by molar-refractivity contribution is 9.10. The minimum atomic E-state index is 0.539. The number of rotatable bonds is 7. The van der Waals surface area contributed by atoms with Gasteiger partial charge in [-0.15, -0.1) is 0 Å². The van der Waals surface area contributed by atoms with Crippen molar-refractivity contribution in [2.75, 3.05) is 31.4 Å². The molecule has 0 spiro atoms. The van der Waals surface area contributed by atoms with Crippen LogP contribution in [0.5, 0.6) is 0 Å². The summed E-state index contributed by atoms with van der Waals surface area (Å²) in [4.78, 5) is 9.83. The largest absolute Gasteiger partial charge is 0.400 e. The first-order valence-corrected chi connectivity index (χ1v) is 9.37. The number of nitrogens with one attached hydrogen (secondary N) is 2. The Bertz CT molecular complexity index is 868. The van der Waals surface area contributed by atoms with Gasteiger partial charge in [0.2, 0.25) is 12.4 Å². The highest BCUT2D eigenvalue weighted by Crippen LogP contribution is 2.23. The van der Waals surface area contributed by atoms with Crippen molar-refractivity contribution < 1.29 is 14.7 Å². The van der Waals surface area contributed by atoms with Crippen molar-refractivity contribution in [1.29, 1.82) is 0 Å². The minimum Gasteiger partial charge on any atom is -0.400 e. The fraction of sp³-hybridized carbons (Fsp3) is 0.389. The molecule has 0 aliphatic heterocycles. The highest BCUT2D eigenvalue weighted by atomic mass is 79.9. The van der Waals surface area contributed by atoms with Crippen LogP contribution in [0.1, 0.15) is 19.4 Å². The number of anilines is 2. The third-order valence-corrected chi connectivity index (χ3v) is 4.20. The van der Waals surface area contributed by atoms with Gasteiger partial charge in [0.05, 0.1) is 10.7 Å². The van der Waals surface area contributed by atoms with Gasteiger partial charge in [-0.3, -0.25) is 4.84 Å². The maximum absolute atomic E-state index is 7.00. The molecule has 3 heterocycles. The zero-order valence-electron chi connectivity index (χ0n) is 16.0. The average molecular weight is 438 g/mol. The smallest absolute Gasteiger partial charge is 0.227 e. The Morgan fingerprint density at radius 2 is 2.11 bits per heavy atom. The van der Waals surface area contributed by atoms with Gasteiger partial charge in [-0.1, -0.05) is 13.8 Å². The molecule has 8 nitrogen and oxygen atoms in total. The van der Waals surface area contributed by atoms with Gasteiger partial charge in [-0.25, -0.2) is 4.98 Å². The maximum atomic E-state index is 7.00. The Morgan fingerprint density at radius 1 is 1.33 bits per heavy atom. The van der Waals surface area contributed by atoms with Crippen LogP contribution in [0.2, 0.25) is 0 Å². The average Bonchev–Trinajstić information content (AvgIpc) is 3.07. The van der Waals surface area contributed by atoms with Gasteiger partial charge < -0.3 is 15.7 Å². The molecule has 0 atom stereocenters. The number of hydrogen-bond acceptors (Lipinski definition) is 6. The van der Waals surface area contributed by atoms with Crippen LogP contribution in [0, 0.1) is 5.92 Å². The molecule has 3 aromatic rings. The van der Waals surface area contributed by atoms with Gasteiger partial charge >= 0.3 is 0 Å². The van der Waals surface area contributed by atoms with E-state index in [-0.39, 0.29) is 0 Å². The van der Waals surface area contributed by atoms with Gasteiger partial charge in [0.15, 0.2) is 5.65 Å². The molecular weight excluding hydrogens is 412 g/mol. The van der Waals surface area contributed by atoms with Crippen LogP contribution in [0.15, 0.2) is 41.3 Å². The molecule has 3 aromatic heterocycles. The quantitative estimate of drug-likeness (QED) is 0.490. The van der Waals surface area contributed by atoms with E-state index in [0.717, 1.165) is 41.0 Å². The lowest BCUT2D eigenvalue weighted by atomic mass is 10.2. The molecular formula is C18H26BrN6O2+. The van der Waals surface area contributed by atoms with E-state index in [1.807, 2.05) is 30.6 Å². The molecule has 0 fully saturated rings. The number of halogens is 1. The van der Waals surface area contributed by atoms with E-state index in [1.54, 1.807) is 22.6 Å². The molecule has 0 amide bonds. The Hall–Kier alpha value is -2.39. The molecule has 146 valence electrons. The van der Waals surface area contributed by atoms with Crippen LogP contribution in [0.25, 0.3) is 5.65 Å². The summed E-state index contributed by atoms with van der Waals surface area (Å²) in [5.74, 6) is 2.23. The topological polar surface area (TPSA) is 87.6 Å². The summed E-state index contributed by atoms with van der Waals surface area (Å²) in [5.41, 5.74) is 1.87. The summed E-state index contributed by atoms with van der Waals surface area (Å²) in [6.07, 6.45) is 5.54. The summed E-state index contributed by atoms with van der Waals surface area (Å²) in [7, 11) is 2.64. The lowest BCUT2D eigenvalue weighted by Gasteiger charge is -2.12. The van der Waals surface area contributed by atoms with E-state index in [4.69, 9.17) is 9.94 Å². The number of aromatic nitrogens is 4. The van der Waals surface area contributed by atoms with E-state index < -0.39 is 0 Å². The summed E-state index contributed by atoms with van der Waals surface area (Å²) in [6, 6.07) is 5.96. The fourth-order valence-corrected chi connectivity index (χ4v) is 2.72. The van der Waals surface area contributed by atoms with Crippen molar-refractivity contribution in [1.82, 2.24) is 14.6 Å². The first kappa shape index (κ1) is 20.9. The maximum Gasteiger partial charge on any atom is 0.227 e. The van der Waals surface area contributed by atoms with Crippen LogP contribution in [-0.2, 0) is 6.54 Å². The second-order valence-electron chi connectivity index (χ2n) is 6.14. The zero-order chi connectivity index (χ0) is 19.8. The van der Waals surface area contributed by atoms with Crippen LogP contribution in [0.3, 0.4) is 0 Å². The van der Waals surface area contributed by atoms with Crippen molar-refractivity contribution in [3.63, 3.8) is 0 Å². The van der Waals surface area contributed by atoms with E-state index in [9.17, 15) is 0 Å². The van der Waals surface area contributed by atoms with E-state index in [2.05, 4.69) is 50.5 Å². The lowest BCUT2D eigenvalue weighted by Crippen LogP contribution is -2.40. The second-order valence-corrected chi connectivity index (χ2v) is 6.99. The number of hydrogen-bond donors (Lipinski definition) is 3. The first-order valence-electron chi connectivity index (χ1n) is 8.58. The molecule has 0 aliphatic rings. The number of pyridine rings is 1. The number of fused-ring (bicyclic) bond motifs is 1. The number of aliphatic hydroxyl groups is 1. The molecule has 0 aliphatic carbocycles. The van der Waals surface area contributed by atoms with Crippen LogP contribution in [-0.4, -0.2) is 40.5 Å². The Kier molecular flexibility index (Phi) is 7.81. The van der Waals surface area contributed by atoms with Gasteiger partial charge in [-0.05, 0) is 27.9 Å². The molecule has 0 aromatic carbocycles. The predicted octanol–water partition coefficient (Wildman–Crippen LogP) is 2.13. The van der Waals surface area contributed by atoms with Crippen molar-refractivity contribution in [2.24, 2.45) is 5.92 Å². The molecule has 0 unspecified atom stereocenters. The first-order chi connectivity index (χ1) is 13.1. The number of nitrogens with zero attached hydrogens (tertiary/aromatic N) is 4. The van der Waals surface area contributed by atoms with Crippen molar-refractivity contribution in [3.8, 4) is 0 Å². The lowest BCUT2D eigenvalue weighted by molar-refractivity contribution is -0.885. The molecule has 27 heavy (non-hydrogen) atoms. The van der Waals surface area contributed by atoms with Crippen molar-refractivity contribution in [2.45, 2.75) is 20.4 Å². The van der Waals surface area contributed by atoms with E-state index in [0.29, 0.717) is 12.5 Å². The summed E-state index contributed by atoms with van der Waals surface area (Å²) >= 11 is 3.51. The van der Waals surface area contributed by atoms with Crippen LogP contribution in [0.4, 0.5) is 11.6 Å². The highest BCUT2D eigenvalue weighted by Gasteiger charge is 2.11. The van der Waals surface area contributed by atoms with Crippen LogP contribution < -0.4 is 20.2 Å². The summed E-state index contributed by atoms with van der Waals surface area (Å²) < 4.78 is 4.32. The molecule has 0 saturated heterocycles. The Morgan fingerprint density at radius 3 is 2.81 bits per heavy atom. The predicted molar refractivity (Wildman–Crippen MR) is 109 cm³/mol. The molecule has 0 bridgehead atoms.